The number of nitrogens with zero attached hydrogens (tertiary/aromatic N) is 1. The number of anilines is 1. The van der Waals surface area contributed by atoms with Gasteiger partial charge >= 0.3 is 12.0 Å². The maximum Gasteiger partial charge on any atom is 0.338 e. The molecule has 0 atom stereocenters. The standard InChI is InChI=1S/C21H26N4O6/c1-22-16-3-2-15(7-17(16)25(29)30)19(27)31-11-18(26)23-20(28)24-21-8-12-4-13(9-21)6-14(5-12)10-21/h2-3,7,12-14,22H,4-6,8-11H2,1H3,(H2,23,24,26,28). The summed E-state index contributed by atoms with van der Waals surface area (Å²) in [4.78, 5) is 47.1. The SMILES string of the molecule is CNc1ccc(C(=O)OCC(=O)NC(=O)NC23CC4CC(CC(C4)C2)C3)cc1[N+](=O)[O-]. The van der Waals surface area contributed by atoms with Gasteiger partial charge in [0.05, 0.1) is 10.5 Å². The molecule has 5 rings (SSSR count). The van der Waals surface area contributed by atoms with Crippen molar-refractivity contribution in [2.75, 3.05) is 19.0 Å². The van der Waals surface area contributed by atoms with Crippen LogP contribution in [-0.2, 0) is 9.53 Å². The largest absolute Gasteiger partial charge is 0.452 e. The van der Waals surface area contributed by atoms with E-state index in [-0.39, 0.29) is 22.5 Å². The molecule has 10 nitrogen and oxygen atoms in total. The van der Waals surface area contributed by atoms with Gasteiger partial charge in [-0.3, -0.25) is 20.2 Å². The van der Waals surface area contributed by atoms with Gasteiger partial charge in [-0.2, -0.15) is 0 Å². The molecule has 3 amide bonds. The number of carbonyl (C=O) groups excluding carboxylic acids is 3. The number of hydrogen-bond donors (Lipinski definition) is 3. The molecule has 0 aliphatic heterocycles. The van der Waals surface area contributed by atoms with Crippen molar-refractivity contribution in [2.24, 2.45) is 17.8 Å². The second-order valence-corrected chi connectivity index (χ2v) is 9.02. The molecular formula is C21H26N4O6. The minimum atomic E-state index is -0.887. The fourth-order valence-electron chi connectivity index (χ4n) is 5.93. The van der Waals surface area contributed by atoms with Crippen LogP contribution in [0.2, 0.25) is 0 Å². The molecule has 1 aromatic rings. The van der Waals surface area contributed by atoms with Gasteiger partial charge in [-0.05, 0) is 68.4 Å². The Kier molecular flexibility index (Phi) is 5.55. The molecule has 0 saturated heterocycles. The van der Waals surface area contributed by atoms with E-state index in [1.807, 2.05) is 0 Å². The first-order valence-electron chi connectivity index (χ1n) is 10.5. The molecule has 4 fully saturated rings. The van der Waals surface area contributed by atoms with Gasteiger partial charge in [0.25, 0.3) is 11.6 Å². The number of benzene rings is 1. The number of urea groups is 1. The summed E-state index contributed by atoms with van der Waals surface area (Å²) in [6.07, 6.45) is 6.59. The van der Waals surface area contributed by atoms with Gasteiger partial charge in [-0.15, -0.1) is 0 Å². The lowest BCUT2D eigenvalue weighted by atomic mass is 9.53. The molecule has 0 unspecified atom stereocenters. The number of nitro benzene ring substituents is 1. The van der Waals surface area contributed by atoms with Crippen LogP contribution in [0.1, 0.15) is 48.9 Å². The van der Waals surface area contributed by atoms with Crippen LogP contribution in [0.25, 0.3) is 0 Å². The Morgan fingerprint density at radius 3 is 2.29 bits per heavy atom. The monoisotopic (exact) mass is 430 g/mol. The van der Waals surface area contributed by atoms with Gasteiger partial charge in [0.15, 0.2) is 6.61 Å². The van der Waals surface area contributed by atoms with Gasteiger partial charge in [0, 0.05) is 18.7 Å². The van der Waals surface area contributed by atoms with Crippen molar-refractivity contribution >= 4 is 29.3 Å². The first-order valence-corrected chi connectivity index (χ1v) is 10.5. The number of nitro groups is 1. The molecule has 4 saturated carbocycles. The highest BCUT2D eigenvalue weighted by molar-refractivity contribution is 5.97. The number of ether oxygens (including phenoxy) is 1. The fraction of sp³-hybridized carbons (Fsp3) is 0.571. The van der Waals surface area contributed by atoms with E-state index in [9.17, 15) is 24.5 Å². The van der Waals surface area contributed by atoms with Crippen molar-refractivity contribution in [3.63, 3.8) is 0 Å². The topological polar surface area (TPSA) is 140 Å². The third-order valence-electron chi connectivity index (χ3n) is 6.70. The van der Waals surface area contributed by atoms with Crippen LogP contribution in [0.5, 0.6) is 0 Å². The molecule has 166 valence electrons. The average Bonchev–Trinajstić information content (AvgIpc) is 2.69. The van der Waals surface area contributed by atoms with Crippen molar-refractivity contribution in [2.45, 2.75) is 44.1 Å². The Morgan fingerprint density at radius 1 is 1.13 bits per heavy atom. The Bertz CT molecular complexity index is 895. The summed E-state index contributed by atoms with van der Waals surface area (Å²) >= 11 is 0. The lowest BCUT2D eigenvalue weighted by Crippen LogP contribution is -2.62. The van der Waals surface area contributed by atoms with Crippen LogP contribution in [0, 0.1) is 27.9 Å². The van der Waals surface area contributed by atoms with Gasteiger partial charge in [-0.25, -0.2) is 9.59 Å². The van der Waals surface area contributed by atoms with E-state index in [1.54, 1.807) is 0 Å². The zero-order valence-corrected chi connectivity index (χ0v) is 17.3. The molecular weight excluding hydrogens is 404 g/mol. The Labute approximate surface area is 179 Å². The van der Waals surface area contributed by atoms with Crippen molar-refractivity contribution < 1.29 is 24.0 Å². The maximum atomic E-state index is 12.4. The molecule has 0 spiro atoms. The molecule has 4 bridgehead atoms. The number of nitrogens with one attached hydrogen (secondary N) is 3. The first-order chi connectivity index (χ1) is 14.8. The number of carbonyl (C=O) groups is 3. The summed E-state index contributed by atoms with van der Waals surface area (Å²) in [5.41, 5.74) is -0.322. The lowest BCUT2D eigenvalue weighted by molar-refractivity contribution is -0.384. The summed E-state index contributed by atoms with van der Waals surface area (Å²) in [5, 5.41) is 19.0. The third kappa shape index (κ3) is 4.47. The van der Waals surface area contributed by atoms with E-state index >= 15 is 0 Å². The minimum absolute atomic E-state index is 0.0588. The summed E-state index contributed by atoms with van der Waals surface area (Å²) in [6, 6.07) is 3.25. The molecule has 0 heterocycles. The average molecular weight is 430 g/mol. The number of imide groups is 1. The summed E-state index contributed by atoms with van der Waals surface area (Å²) in [5.74, 6) is 0.323. The van der Waals surface area contributed by atoms with E-state index < -0.39 is 29.4 Å². The molecule has 4 aliphatic rings. The lowest BCUT2D eigenvalue weighted by Gasteiger charge is -2.56. The summed E-state index contributed by atoms with van der Waals surface area (Å²) < 4.78 is 4.92. The van der Waals surface area contributed by atoms with Crippen LogP contribution in [0.15, 0.2) is 18.2 Å². The Balaban J connectivity index is 1.28. The first kappa shape index (κ1) is 21.1. The number of amides is 3. The van der Waals surface area contributed by atoms with Gasteiger partial charge in [-0.1, -0.05) is 0 Å². The van der Waals surface area contributed by atoms with Crippen molar-refractivity contribution in [3.8, 4) is 0 Å². The normalized spacial score (nSPS) is 28.0. The van der Waals surface area contributed by atoms with Gasteiger partial charge in [0.2, 0.25) is 0 Å². The smallest absolute Gasteiger partial charge is 0.338 e. The minimum Gasteiger partial charge on any atom is -0.452 e. The molecule has 4 aliphatic carbocycles. The highest BCUT2D eigenvalue weighted by Gasteiger charge is 2.51. The summed E-state index contributed by atoms with van der Waals surface area (Å²) in [7, 11) is 1.53. The Hall–Kier alpha value is -3.17. The van der Waals surface area contributed by atoms with E-state index in [2.05, 4.69) is 16.0 Å². The second kappa shape index (κ2) is 8.16. The molecule has 0 radical (unpaired) electrons. The number of rotatable bonds is 6. The second-order valence-electron chi connectivity index (χ2n) is 9.02. The van der Waals surface area contributed by atoms with Crippen LogP contribution in [-0.4, -0.2) is 42.0 Å². The van der Waals surface area contributed by atoms with Gasteiger partial charge in [0.1, 0.15) is 5.69 Å². The molecule has 10 heteroatoms. The number of hydrogen-bond acceptors (Lipinski definition) is 7. The van der Waals surface area contributed by atoms with Crippen LogP contribution in [0.4, 0.5) is 16.2 Å². The van der Waals surface area contributed by atoms with Crippen LogP contribution >= 0.6 is 0 Å². The highest BCUT2D eigenvalue weighted by Crippen LogP contribution is 2.55. The quantitative estimate of drug-likeness (QED) is 0.358. The van der Waals surface area contributed by atoms with E-state index in [1.165, 1.54) is 38.4 Å². The summed E-state index contributed by atoms with van der Waals surface area (Å²) in [6.45, 7) is -0.658. The zero-order valence-electron chi connectivity index (χ0n) is 17.3. The van der Waals surface area contributed by atoms with E-state index in [0.29, 0.717) is 17.8 Å². The molecule has 3 N–H and O–H groups in total. The predicted molar refractivity (Wildman–Crippen MR) is 111 cm³/mol. The van der Waals surface area contributed by atoms with E-state index in [4.69, 9.17) is 4.74 Å². The molecule has 31 heavy (non-hydrogen) atoms. The highest BCUT2D eigenvalue weighted by atomic mass is 16.6. The van der Waals surface area contributed by atoms with Crippen molar-refractivity contribution in [3.05, 3.63) is 33.9 Å². The third-order valence-corrected chi connectivity index (χ3v) is 6.70. The van der Waals surface area contributed by atoms with Crippen molar-refractivity contribution in [1.82, 2.24) is 10.6 Å². The van der Waals surface area contributed by atoms with Crippen LogP contribution in [0.3, 0.4) is 0 Å². The van der Waals surface area contributed by atoms with Crippen molar-refractivity contribution in [1.29, 1.82) is 0 Å². The number of esters is 1. The fourth-order valence-corrected chi connectivity index (χ4v) is 5.93. The Morgan fingerprint density at radius 2 is 1.74 bits per heavy atom. The van der Waals surface area contributed by atoms with E-state index in [0.717, 1.165) is 25.3 Å². The van der Waals surface area contributed by atoms with Gasteiger partial charge < -0.3 is 15.4 Å². The predicted octanol–water partition coefficient (Wildman–Crippen LogP) is 2.59. The zero-order chi connectivity index (χ0) is 22.2. The molecule has 1 aromatic carbocycles. The molecule has 0 aromatic heterocycles. The van der Waals surface area contributed by atoms with Crippen LogP contribution < -0.4 is 16.0 Å². The maximum absolute atomic E-state index is 12.4.